The minimum atomic E-state index is -3.79. The topological polar surface area (TPSA) is 97.8 Å². The van der Waals surface area contributed by atoms with Crippen molar-refractivity contribution in [3.63, 3.8) is 0 Å². The minimum absolute atomic E-state index is 0.149. The Balaban J connectivity index is 1.63. The number of methoxy groups -OCH3 is 1. The zero-order chi connectivity index (χ0) is 24.2. The van der Waals surface area contributed by atoms with Gasteiger partial charge < -0.3 is 14.8 Å². The van der Waals surface area contributed by atoms with Gasteiger partial charge in [0, 0.05) is 13.1 Å². The number of sulfonamides is 1. The Morgan fingerprint density at radius 3 is 2.39 bits per heavy atom. The smallest absolute Gasteiger partial charge is 0.243 e. The molecule has 0 fully saturated rings. The Kier molecular flexibility index (Phi) is 7.35. The van der Waals surface area contributed by atoms with Crippen molar-refractivity contribution in [3.8, 4) is 17.4 Å². The number of hydrogen-bond acceptors (Lipinski definition) is 6. The van der Waals surface area contributed by atoms with Gasteiger partial charge in [-0.2, -0.15) is 4.31 Å². The van der Waals surface area contributed by atoms with E-state index in [2.05, 4.69) is 10.3 Å². The van der Waals surface area contributed by atoms with Gasteiger partial charge in [-0.3, -0.25) is 4.79 Å². The van der Waals surface area contributed by atoms with Crippen LogP contribution in [0.3, 0.4) is 0 Å². The molecule has 9 heteroatoms. The van der Waals surface area contributed by atoms with Gasteiger partial charge in [-0.05, 0) is 67.8 Å². The first kappa shape index (κ1) is 24.2. The van der Waals surface area contributed by atoms with Crippen LogP contribution in [0, 0.1) is 20.8 Å². The molecule has 3 rings (SSSR count). The highest BCUT2D eigenvalue weighted by atomic mass is 32.2. The van der Waals surface area contributed by atoms with Gasteiger partial charge in [0.15, 0.2) is 11.5 Å². The molecule has 0 unspecified atom stereocenters. The zero-order valence-corrected chi connectivity index (χ0v) is 20.1. The third kappa shape index (κ3) is 5.88. The van der Waals surface area contributed by atoms with Crippen molar-refractivity contribution in [2.45, 2.75) is 25.7 Å². The Hall–Kier alpha value is -3.43. The summed E-state index contributed by atoms with van der Waals surface area (Å²) >= 11 is 0. The number of anilines is 1. The van der Waals surface area contributed by atoms with Crippen molar-refractivity contribution in [3.05, 3.63) is 71.4 Å². The molecule has 2 aromatic carbocycles. The van der Waals surface area contributed by atoms with Crippen molar-refractivity contribution in [1.29, 1.82) is 0 Å². The number of aromatic nitrogens is 1. The first-order valence-electron chi connectivity index (χ1n) is 10.2. The first-order valence-corrected chi connectivity index (χ1v) is 11.7. The molecule has 0 spiro atoms. The second-order valence-corrected chi connectivity index (χ2v) is 9.74. The van der Waals surface area contributed by atoms with Gasteiger partial charge in [0.25, 0.3) is 0 Å². The predicted molar refractivity (Wildman–Crippen MR) is 126 cm³/mol. The zero-order valence-electron chi connectivity index (χ0n) is 19.2. The normalized spacial score (nSPS) is 11.3. The van der Waals surface area contributed by atoms with Gasteiger partial charge in [-0.25, -0.2) is 13.4 Å². The van der Waals surface area contributed by atoms with Crippen LogP contribution in [0.4, 0.5) is 5.69 Å². The minimum Gasteiger partial charge on any atom is -0.493 e. The maximum Gasteiger partial charge on any atom is 0.243 e. The van der Waals surface area contributed by atoms with Crippen molar-refractivity contribution in [1.82, 2.24) is 9.29 Å². The Morgan fingerprint density at radius 2 is 1.76 bits per heavy atom. The molecular weight excluding hydrogens is 442 g/mol. The summed E-state index contributed by atoms with van der Waals surface area (Å²) in [4.78, 5) is 16.8. The summed E-state index contributed by atoms with van der Waals surface area (Å²) in [6.07, 6.45) is 1.44. The molecule has 1 N–H and O–H groups in total. The van der Waals surface area contributed by atoms with E-state index in [0.29, 0.717) is 23.1 Å². The van der Waals surface area contributed by atoms with E-state index in [9.17, 15) is 13.2 Å². The average Bonchev–Trinajstić information content (AvgIpc) is 2.77. The Morgan fingerprint density at radius 1 is 1.00 bits per heavy atom. The SMILES string of the molecule is COc1cc(C)ccc1Oc1ccc(NC(=O)CN(C)S(=O)(=O)c2ccc(C)c(C)c2)cn1. The summed E-state index contributed by atoms with van der Waals surface area (Å²) < 4.78 is 37.7. The average molecular weight is 470 g/mol. The Bertz CT molecular complexity index is 1260. The fourth-order valence-electron chi connectivity index (χ4n) is 3.03. The first-order chi connectivity index (χ1) is 15.6. The van der Waals surface area contributed by atoms with Crippen LogP contribution in [0.1, 0.15) is 16.7 Å². The van der Waals surface area contributed by atoms with Gasteiger partial charge in [0.2, 0.25) is 21.8 Å². The molecular formula is C24H27N3O5S. The van der Waals surface area contributed by atoms with E-state index in [0.717, 1.165) is 21.0 Å². The van der Waals surface area contributed by atoms with Crippen LogP contribution in [0.25, 0.3) is 0 Å². The number of aryl methyl sites for hydroxylation is 3. The number of hydrogen-bond donors (Lipinski definition) is 1. The van der Waals surface area contributed by atoms with Crippen molar-refractivity contribution < 1.29 is 22.7 Å². The molecule has 0 saturated heterocycles. The van der Waals surface area contributed by atoms with Crippen molar-refractivity contribution in [2.24, 2.45) is 0 Å². The molecule has 0 radical (unpaired) electrons. The summed E-state index contributed by atoms with van der Waals surface area (Å²) in [5.74, 6) is 0.943. The monoisotopic (exact) mass is 469 g/mol. The van der Waals surface area contributed by atoms with Crippen molar-refractivity contribution in [2.75, 3.05) is 26.0 Å². The predicted octanol–water partition coefficient (Wildman–Crippen LogP) is 4.07. The molecule has 1 aromatic heterocycles. The molecule has 1 amide bonds. The van der Waals surface area contributed by atoms with Crippen LogP contribution >= 0.6 is 0 Å². The third-order valence-corrected chi connectivity index (χ3v) is 6.91. The largest absolute Gasteiger partial charge is 0.493 e. The van der Waals surface area contributed by atoms with E-state index in [1.165, 1.54) is 19.3 Å². The lowest BCUT2D eigenvalue weighted by molar-refractivity contribution is -0.116. The number of ether oxygens (including phenoxy) is 2. The highest BCUT2D eigenvalue weighted by Gasteiger charge is 2.23. The van der Waals surface area contributed by atoms with E-state index in [4.69, 9.17) is 9.47 Å². The summed E-state index contributed by atoms with van der Waals surface area (Å²) in [6, 6.07) is 13.7. The van der Waals surface area contributed by atoms with E-state index >= 15 is 0 Å². The number of rotatable bonds is 8. The van der Waals surface area contributed by atoms with E-state index in [1.54, 1.807) is 37.4 Å². The molecule has 174 valence electrons. The second-order valence-electron chi connectivity index (χ2n) is 7.70. The maximum atomic E-state index is 12.8. The number of nitrogens with one attached hydrogen (secondary N) is 1. The van der Waals surface area contributed by atoms with Gasteiger partial charge in [-0.15, -0.1) is 0 Å². The van der Waals surface area contributed by atoms with Crippen LogP contribution in [-0.4, -0.2) is 44.3 Å². The summed E-state index contributed by atoms with van der Waals surface area (Å²) in [6.45, 7) is 5.36. The number of nitrogens with zero attached hydrogens (tertiary/aromatic N) is 2. The number of carbonyl (C=O) groups excluding carboxylic acids is 1. The number of pyridine rings is 1. The number of benzene rings is 2. The van der Waals surface area contributed by atoms with E-state index in [-0.39, 0.29) is 11.4 Å². The lowest BCUT2D eigenvalue weighted by Gasteiger charge is -2.17. The van der Waals surface area contributed by atoms with Crippen LogP contribution in [-0.2, 0) is 14.8 Å². The number of carbonyl (C=O) groups is 1. The lowest BCUT2D eigenvalue weighted by atomic mass is 10.1. The standard InChI is InChI=1S/C24H27N3O5S/c1-16-6-10-21(22(12-16)31-5)32-24-11-8-19(14-25-24)26-23(28)15-27(4)33(29,30)20-9-7-17(2)18(3)13-20/h6-14H,15H2,1-5H3,(H,26,28). The van der Waals surface area contributed by atoms with Crippen LogP contribution in [0.5, 0.6) is 17.4 Å². The quantitative estimate of drug-likeness (QED) is 0.534. The number of amides is 1. The molecule has 8 nitrogen and oxygen atoms in total. The highest BCUT2D eigenvalue weighted by Crippen LogP contribution is 2.31. The third-order valence-electron chi connectivity index (χ3n) is 5.11. The second kappa shape index (κ2) is 10.0. The fraction of sp³-hybridized carbons (Fsp3) is 0.250. The molecule has 1 heterocycles. The van der Waals surface area contributed by atoms with Gasteiger partial charge >= 0.3 is 0 Å². The lowest BCUT2D eigenvalue weighted by Crippen LogP contribution is -2.35. The fourth-order valence-corrected chi connectivity index (χ4v) is 4.24. The van der Waals surface area contributed by atoms with Gasteiger partial charge in [0.05, 0.1) is 30.4 Å². The molecule has 0 aliphatic heterocycles. The summed E-state index contributed by atoms with van der Waals surface area (Å²) in [5.41, 5.74) is 3.32. The van der Waals surface area contributed by atoms with E-state index < -0.39 is 15.9 Å². The highest BCUT2D eigenvalue weighted by molar-refractivity contribution is 7.89. The van der Waals surface area contributed by atoms with Crippen LogP contribution < -0.4 is 14.8 Å². The molecule has 33 heavy (non-hydrogen) atoms. The molecule has 0 atom stereocenters. The maximum absolute atomic E-state index is 12.8. The number of likely N-dealkylation sites (N-methyl/N-ethyl adjacent to an activating group) is 1. The van der Waals surface area contributed by atoms with Crippen LogP contribution in [0.15, 0.2) is 59.6 Å². The van der Waals surface area contributed by atoms with Crippen LogP contribution in [0.2, 0.25) is 0 Å². The van der Waals surface area contributed by atoms with Crippen molar-refractivity contribution >= 4 is 21.6 Å². The van der Waals surface area contributed by atoms with E-state index in [1.807, 2.05) is 32.9 Å². The van der Waals surface area contributed by atoms with Gasteiger partial charge in [0.1, 0.15) is 0 Å². The summed E-state index contributed by atoms with van der Waals surface area (Å²) in [7, 11) is -0.862. The molecule has 0 aliphatic rings. The molecule has 0 saturated carbocycles. The van der Waals surface area contributed by atoms with Gasteiger partial charge in [-0.1, -0.05) is 12.1 Å². The Labute approximate surface area is 194 Å². The summed E-state index contributed by atoms with van der Waals surface area (Å²) in [5, 5.41) is 2.65. The molecule has 0 bridgehead atoms. The molecule has 0 aliphatic carbocycles. The molecule has 3 aromatic rings.